The van der Waals surface area contributed by atoms with Crippen LogP contribution < -0.4 is 5.32 Å². The molecular formula is C14H16N2O3. The Morgan fingerprint density at radius 3 is 2.37 bits per heavy atom. The number of nitrogens with zero attached hydrogens (tertiary/aromatic N) is 1. The Kier molecular flexibility index (Phi) is 4.28. The van der Waals surface area contributed by atoms with Crippen molar-refractivity contribution < 1.29 is 14.4 Å². The van der Waals surface area contributed by atoms with Crippen LogP contribution in [-0.4, -0.2) is 35.7 Å². The van der Waals surface area contributed by atoms with Gasteiger partial charge in [-0.25, -0.2) is 0 Å². The number of hydrogen-bond acceptors (Lipinski definition) is 3. The number of carbonyl (C=O) groups is 3. The first-order chi connectivity index (χ1) is 9.16. The van der Waals surface area contributed by atoms with Crippen molar-refractivity contribution >= 4 is 17.7 Å². The van der Waals surface area contributed by atoms with Crippen LogP contribution in [0, 0.1) is 0 Å². The fourth-order valence-corrected chi connectivity index (χ4v) is 1.99. The van der Waals surface area contributed by atoms with E-state index in [-0.39, 0.29) is 37.1 Å². The van der Waals surface area contributed by atoms with Crippen molar-refractivity contribution in [1.29, 1.82) is 0 Å². The van der Waals surface area contributed by atoms with Crippen LogP contribution in [0.1, 0.15) is 18.4 Å². The van der Waals surface area contributed by atoms with E-state index in [0.717, 1.165) is 16.9 Å². The van der Waals surface area contributed by atoms with Crippen LogP contribution in [0.4, 0.5) is 0 Å². The molecule has 19 heavy (non-hydrogen) atoms. The van der Waals surface area contributed by atoms with Crippen molar-refractivity contribution in [3.05, 3.63) is 35.9 Å². The van der Waals surface area contributed by atoms with Crippen LogP contribution >= 0.6 is 0 Å². The highest BCUT2D eigenvalue weighted by Gasteiger charge is 2.30. The first-order valence-corrected chi connectivity index (χ1v) is 6.30. The lowest BCUT2D eigenvalue weighted by molar-refractivity contribution is -0.142. The minimum Gasteiger partial charge on any atom is -0.354 e. The lowest BCUT2D eigenvalue weighted by atomic mass is 10.1. The predicted molar refractivity (Wildman–Crippen MR) is 69.1 cm³/mol. The van der Waals surface area contributed by atoms with E-state index in [9.17, 15) is 14.4 Å². The molecule has 0 unspecified atom stereocenters. The van der Waals surface area contributed by atoms with E-state index in [0.29, 0.717) is 6.54 Å². The summed E-state index contributed by atoms with van der Waals surface area (Å²) in [5.41, 5.74) is 1.14. The zero-order valence-electron chi connectivity index (χ0n) is 10.6. The first-order valence-electron chi connectivity index (χ1n) is 6.30. The van der Waals surface area contributed by atoms with Crippen molar-refractivity contribution in [3.63, 3.8) is 0 Å². The van der Waals surface area contributed by atoms with Crippen molar-refractivity contribution in [1.82, 2.24) is 10.2 Å². The Labute approximate surface area is 111 Å². The van der Waals surface area contributed by atoms with Crippen LogP contribution in [0.5, 0.6) is 0 Å². The molecule has 1 fully saturated rings. The second kappa shape index (κ2) is 6.13. The van der Waals surface area contributed by atoms with Crippen LogP contribution in [0.25, 0.3) is 0 Å². The van der Waals surface area contributed by atoms with Crippen LogP contribution in [0.2, 0.25) is 0 Å². The molecule has 0 atom stereocenters. The smallest absolute Gasteiger partial charge is 0.240 e. The lowest BCUT2D eigenvalue weighted by Crippen LogP contribution is -2.40. The van der Waals surface area contributed by atoms with Gasteiger partial charge in [-0.2, -0.15) is 0 Å². The Hall–Kier alpha value is -2.17. The summed E-state index contributed by atoms with van der Waals surface area (Å²) in [6.07, 6.45) is 1.17. The molecular weight excluding hydrogens is 244 g/mol. The van der Waals surface area contributed by atoms with Crippen molar-refractivity contribution in [3.8, 4) is 0 Å². The molecule has 1 aliphatic heterocycles. The van der Waals surface area contributed by atoms with Gasteiger partial charge in [0.2, 0.25) is 17.7 Å². The largest absolute Gasteiger partial charge is 0.354 e. The van der Waals surface area contributed by atoms with Gasteiger partial charge < -0.3 is 5.32 Å². The third kappa shape index (κ3) is 3.64. The van der Waals surface area contributed by atoms with Gasteiger partial charge in [0.1, 0.15) is 6.54 Å². The zero-order valence-corrected chi connectivity index (χ0v) is 10.6. The van der Waals surface area contributed by atoms with Crippen molar-refractivity contribution in [2.75, 3.05) is 13.1 Å². The monoisotopic (exact) mass is 260 g/mol. The molecule has 0 radical (unpaired) electrons. The second-order valence-electron chi connectivity index (χ2n) is 4.46. The zero-order chi connectivity index (χ0) is 13.7. The van der Waals surface area contributed by atoms with Crippen LogP contribution in [0.15, 0.2) is 30.3 Å². The fraction of sp³-hybridized carbons (Fsp3) is 0.357. The summed E-state index contributed by atoms with van der Waals surface area (Å²) in [5, 5.41) is 2.71. The molecule has 0 bridgehead atoms. The average Bonchev–Trinajstić information content (AvgIpc) is 2.72. The third-order valence-electron chi connectivity index (χ3n) is 3.04. The maximum atomic E-state index is 11.6. The summed E-state index contributed by atoms with van der Waals surface area (Å²) in [7, 11) is 0. The standard InChI is InChI=1S/C14H16N2O3/c17-12(10-16-13(18)6-7-14(16)19)15-9-8-11-4-2-1-3-5-11/h1-5H,6-10H2,(H,15,17). The predicted octanol–water partition coefficient (Wildman–Crippen LogP) is 0.494. The minimum atomic E-state index is -0.292. The first kappa shape index (κ1) is 13.3. The van der Waals surface area contributed by atoms with E-state index in [1.54, 1.807) is 0 Å². The number of carbonyl (C=O) groups excluding carboxylic acids is 3. The molecule has 1 aromatic carbocycles. The molecule has 1 aliphatic rings. The molecule has 5 nitrogen and oxygen atoms in total. The Bertz CT molecular complexity index is 469. The third-order valence-corrected chi connectivity index (χ3v) is 3.04. The summed E-state index contributed by atoms with van der Waals surface area (Å²) < 4.78 is 0. The molecule has 0 saturated carbocycles. The van der Waals surface area contributed by atoms with E-state index in [2.05, 4.69) is 5.32 Å². The topological polar surface area (TPSA) is 66.5 Å². The van der Waals surface area contributed by atoms with Gasteiger partial charge in [0, 0.05) is 19.4 Å². The summed E-state index contributed by atoms with van der Waals surface area (Å²) >= 11 is 0. The molecule has 0 aliphatic carbocycles. The molecule has 0 spiro atoms. The number of rotatable bonds is 5. The molecule has 100 valence electrons. The van der Waals surface area contributed by atoms with Crippen LogP contribution in [0.3, 0.4) is 0 Å². The number of hydrogen-bond donors (Lipinski definition) is 1. The van der Waals surface area contributed by atoms with E-state index >= 15 is 0 Å². The van der Waals surface area contributed by atoms with Gasteiger partial charge in [0.25, 0.3) is 0 Å². The molecule has 2 rings (SSSR count). The summed E-state index contributed by atoms with van der Waals surface area (Å²) in [5.74, 6) is -0.814. The number of likely N-dealkylation sites (tertiary alicyclic amines) is 1. The SMILES string of the molecule is O=C(CN1C(=O)CCC1=O)NCCc1ccccc1. The molecule has 1 N–H and O–H groups in total. The fourth-order valence-electron chi connectivity index (χ4n) is 1.99. The van der Waals surface area contributed by atoms with Gasteiger partial charge in [-0.3, -0.25) is 19.3 Å². The number of amides is 3. The maximum Gasteiger partial charge on any atom is 0.240 e. The Morgan fingerprint density at radius 2 is 1.74 bits per heavy atom. The van der Waals surface area contributed by atoms with Crippen molar-refractivity contribution in [2.45, 2.75) is 19.3 Å². The molecule has 0 aromatic heterocycles. The number of benzene rings is 1. The summed E-state index contributed by atoms with van der Waals surface area (Å²) in [4.78, 5) is 35.3. The number of nitrogens with one attached hydrogen (secondary N) is 1. The molecule has 3 amide bonds. The Balaban J connectivity index is 1.73. The van der Waals surface area contributed by atoms with Gasteiger partial charge in [0.05, 0.1) is 0 Å². The molecule has 1 saturated heterocycles. The van der Waals surface area contributed by atoms with Gasteiger partial charge >= 0.3 is 0 Å². The molecule has 1 heterocycles. The highest BCUT2D eigenvalue weighted by Crippen LogP contribution is 2.10. The van der Waals surface area contributed by atoms with Gasteiger partial charge in [-0.05, 0) is 12.0 Å². The highest BCUT2D eigenvalue weighted by atomic mass is 16.2. The Morgan fingerprint density at radius 1 is 1.11 bits per heavy atom. The van der Waals surface area contributed by atoms with E-state index in [1.165, 1.54) is 0 Å². The molecule has 5 heteroatoms. The second-order valence-corrected chi connectivity index (χ2v) is 4.46. The van der Waals surface area contributed by atoms with Gasteiger partial charge in [-0.15, -0.1) is 0 Å². The normalized spacial score (nSPS) is 14.8. The quantitative estimate of drug-likeness (QED) is 0.784. The van der Waals surface area contributed by atoms with Gasteiger partial charge in [-0.1, -0.05) is 30.3 Å². The lowest BCUT2D eigenvalue weighted by Gasteiger charge is -2.13. The van der Waals surface area contributed by atoms with E-state index in [4.69, 9.17) is 0 Å². The summed E-state index contributed by atoms with van der Waals surface area (Å²) in [6, 6.07) is 9.80. The minimum absolute atomic E-state index is 0.160. The van der Waals surface area contributed by atoms with E-state index < -0.39 is 0 Å². The van der Waals surface area contributed by atoms with Crippen LogP contribution in [-0.2, 0) is 20.8 Å². The van der Waals surface area contributed by atoms with E-state index in [1.807, 2.05) is 30.3 Å². The molecule has 1 aromatic rings. The highest BCUT2D eigenvalue weighted by molar-refractivity contribution is 6.04. The number of imide groups is 1. The average molecular weight is 260 g/mol. The maximum absolute atomic E-state index is 11.6. The van der Waals surface area contributed by atoms with Crippen molar-refractivity contribution in [2.24, 2.45) is 0 Å². The summed E-state index contributed by atoms with van der Waals surface area (Å²) in [6.45, 7) is 0.339. The van der Waals surface area contributed by atoms with Gasteiger partial charge in [0.15, 0.2) is 0 Å².